The Morgan fingerprint density at radius 1 is 1.07 bits per heavy atom. The van der Waals surface area contributed by atoms with Crippen LogP contribution in [-0.4, -0.2) is 9.67 Å². The number of unbranched alkanes of at least 4 members (excludes halogenated alkanes) is 1. The van der Waals surface area contributed by atoms with E-state index >= 15 is 0 Å². The van der Waals surface area contributed by atoms with Crippen LogP contribution >= 0.6 is 0 Å². The number of nitrogens with zero attached hydrogens (tertiary/aromatic N) is 2. The van der Waals surface area contributed by atoms with Gasteiger partial charge in [-0.25, -0.2) is 0 Å². The van der Waals surface area contributed by atoms with Gasteiger partial charge in [0.15, 0.2) is 0 Å². The molecule has 0 aliphatic rings. The van der Waals surface area contributed by atoms with Gasteiger partial charge in [0.1, 0.15) is 5.75 Å². The molecule has 0 atom stereocenters. The first-order valence-electron chi connectivity index (χ1n) is 9.13. The molecule has 0 spiro atoms. The zero-order chi connectivity index (χ0) is 19.2. The van der Waals surface area contributed by atoms with Crippen molar-refractivity contribution in [1.29, 1.82) is 5.26 Å². The highest BCUT2D eigenvalue weighted by atomic mass is 16.3. The van der Waals surface area contributed by atoms with Gasteiger partial charge in [-0.15, -0.1) is 0 Å². The number of aromatic nitrogens is 1. The topological polar surface area (TPSA) is 66.0 Å². The van der Waals surface area contributed by atoms with Crippen molar-refractivity contribution in [3.05, 3.63) is 87.8 Å². The van der Waals surface area contributed by atoms with Crippen molar-refractivity contribution in [2.45, 2.75) is 32.7 Å². The van der Waals surface area contributed by atoms with Gasteiger partial charge < -0.3 is 9.67 Å². The second kappa shape index (κ2) is 8.37. The normalized spacial score (nSPS) is 10.5. The Hall–Kier alpha value is -3.32. The third-order valence-electron chi connectivity index (χ3n) is 4.64. The molecule has 27 heavy (non-hydrogen) atoms. The number of pyridine rings is 1. The summed E-state index contributed by atoms with van der Waals surface area (Å²) < 4.78 is 1.72. The van der Waals surface area contributed by atoms with Gasteiger partial charge in [-0.3, -0.25) is 4.79 Å². The molecule has 3 aromatic rings. The average Bonchev–Trinajstić information content (AvgIpc) is 2.69. The second-order valence-electron chi connectivity index (χ2n) is 6.59. The number of benzene rings is 2. The van der Waals surface area contributed by atoms with Gasteiger partial charge in [0, 0.05) is 11.8 Å². The minimum absolute atomic E-state index is 0.0193. The van der Waals surface area contributed by atoms with Crippen LogP contribution in [-0.2, 0) is 13.0 Å². The highest BCUT2D eigenvalue weighted by Crippen LogP contribution is 2.24. The quantitative estimate of drug-likeness (QED) is 0.706. The van der Waals surface area contributed by atoms with Gasteiger partial charge in [0.2, 0.25) is 0 Å². The summed E-state index contributed by atoms with van der Waals surface area (Å²) in [7, 11) is 0. The van der Waals surface area contributed by atoms with Crippen LogP contribution in [0, 0.1) is 11.3 Å². The Balaban J connectivity index is 1.90. The molecule has 1 aromatic heterocycles. The Kier molecular flexibility index (Phi) is 5.73. The van der Waals surface area contributed by atoms with E-state index in [2.05, 4.69) is 13.0 Å². The first-order chi connectivity index (χ1) is 13.1. The summed E-state index contributed by atoms with van der Waals surface area (Å²) in [5.41, 5.74) is 4.17. The van der Waals surface area contributed by atoms with E-state index in [1.165, 1.54) is 6.07 Å². The monoisotopic (exact) mass is 358 g/mol. The molecule has 3 rings (SSSR count). The molecule has 0 unspecified atom stereocenters. The lowest BCUT2D eigenvalue weighted by Crippen LogP contribution is -2.23. The SMILES string of the molecule is CCCCc1cc(O)cc(=O)n1Cc1ccc(-c2ccccc2C#N)cc1. The number of hydrogen-bond acceptors (Lipinski definition) is 3. The highest BCUT2D eigenvalue weighted by Gasteiger charge is 2.08. The van der Waals surface area contributed by atoms with Gasteiger partial charge in [0.25, 0.3) is 5.56 Å². The Bertz CT molecular complexity index is 1030. The van der Waals surface area contributed by atoms with Gasteiger partial charge in [-0.1, -0.05) is 55.8 Å². The van der Waals surface area contributed by atoms with Crippen molar-refractivity contribution in [3.8, 4) is 22.9 Å². The third kappa shape index (κ3) is 4.27. The predicted octanol–water partition coefficient (Wildman–Crippen LogP) is 4.48. The van der Waals surface area contributed by atoms with Crippen molar-refractivity contribution in [2.75, 3.05) is 0 Å². The molecular formula is C23H22N2O2. The van der Waals surface area contributed by atoms with Crippen LogP contribution in [0.3, 0.4) is 0 Å². The smallest absolute Gasteiger partial charge is 0.254 e. The number of nitriles is 1. The van der Waals surface area contributed by atoms with Gasteiger partial charge in [0.05, 0.1) is 18.2 Å². The van der Waals surface area contributed by atoms with Crippen molar-refractivity contribution >= 4 is 0 Å². The highest BCUT2D eigenvalue weighted by molar-refractivity contribution is 5.70. The summed E-state index contributed by atoms with van der Waals surface area (Å²) >= 11 is 0. The van der Waals surface area contributed by atoms with Crippen LogP contribution in [0.5, 0.6) is 5.75 Å². The lowest BCUT2D eigenvalue weighted by atomic mass is 9.99. The molecule has 0 saturated carbocycles. The van der Waals surface area contributed by atoms with Crippen LogP contribution in [0.15, 0.2) is 65.5 Å². The molecule has 4 heteroatoms. The van der Waals surface area contributed by atoms with E-state index < -0.39 is 0 Å². The molecule has 0 amide bonds. The van der Waals surface area contributed by atoms with E-state index in [0.717, 1.165) is 41.6 Å². The Labute approximate surface area is 159 Å². The maximum Gasteiger partial charge on any atom is 0.254 e. The molecule has 0 fully saturated rings. The fraction of sp³-hybridized carbons (Fsp3) is 0.217. The van der Waals surface area contributed by atoms with Crippen LogP contribution in [0.2, 0.25) is 0 Å². The standard InChI is InChI=1S/C23H22N2O2/c1-2-3-7-20-13-21(26)14-23(27)25(20)16-17-9-11-18(12-10-17)22-8-5-4-6-19(22)15-24/h4-6,8-14,26H,2-3,7,16H2,1H3. The summed E-state index contributed by atoms with van der Waals surface area (Å²) in [6.07, 6.45) is 2.75. The predicted molar refractivity (Wildman–Crippen MR) is 107 cm³/mol. The molecule has 0 bridgehead atoms. The van der Waals surface area contributed by atoms with Crippen molar-refractivity contribution in [1.82, 2.24) is 4.57 Å². The summed E-state index contributed by atoms with van der Waals surface area (Å²) in [5, 5.41) is 19.0. The summed E-state index contributed by atoms with van der Waals surface area (Å²) in [6, 6.07) is 20.6. The zero-order valence-electron chi connectivity index (χ0n) is 15.4. The second-order valence-corrected chi connectivity index (χ2v) is 6.59. The zero-order valence-corrected chi connectivity index (χ0v) is 15.4. The van der Waals surface area contributed by atoms with Crippen molar-refractivity contribution in [3.63, 3.8) is 0 Å². The minimum Gasteiger partial charge on any atom is -0.508 e. The molecule has 2 aromatic carbocycles. The maximum absolute atomic E-state index is 12.4. The van der Waals surface area contributed by atoms with E-state index in [0.29, 0.717) is 12.1 Å². The number of rotatable bonds is 6. The third-order valence-corrected chi connectivity index (χ3v) is 4.64. The minimum atomic E-state index is -0.194. The van der Waals surface area contributed by atoms with Crippen LogP contribution in [0.25, 0.3) is 11.1 Å². The van der Waals surface area contributed by atoms with Gasteiger partial charge >= 0.3 is 0 Å². The fourth-order valence-corrected chi connectivity index (χ4v) is 3.19. The Morgan fingerprint density at radius 2 is 1.81 bits per heavy atom. The molecule has 4 nitrogen and oxygen atoms in total. The van der Waals surface area contributed by atoms with E-state index in [1.54, 1.807) is 16.7 Å². The molecule has 1 N–H and O–H groups in total. The van der Waals surface area contributed by atoms with E-state index in [-0.39, 0.29) is 11.3 Å². The van der Waals surface area contributed by atoms with Gasteiger partial charge in [-0.2, -0.15) is 5.26 Å². The molecule has 0 aliphatic carbocycles. The summed E-state index contributed by atoms with van der Waals surface area (Å²) in [4.78, 5) is 12.4. The fourth-order valence-electron chi connectivity index (χ4n) is 3.19. The van der Waals surface area contributed by atoms with E-state index in [9.17, 15) is 15.2 Å². The summed E-state index contributed by atoms with van der Waals surface area (Å²) in [5.74, 6) is 0.0193. The number of aryl methyl sites for hydroxylation is 1. The van der Waals surface area contributed by atoms with Crippen molar-refractivity contribution in [2.24, 2.45) is 0 Å². The summed E-state index contributed by atoms with van der Waals surface area (Å²) in [6.45, 7) is 2.56. The number of hydrogen-bond donors (Lipinski definition) is 1. The largest absolute Gasteiger partial charge is 0.508 e. The first kappa shape index (κ1) is 18.5. The Morgan fingerprint density at radius 3 is 2.52 bits per heavy atom. The van der Waals surface area contributed by atoms with Crippen molar-refractivity contribution < 1.29 is 5.11 Å². The molecule has 0 aliphatic heterocycles. The van der Waals surface area contributed by atoms with Crippen LogP contribution < -0.4 is 5.56 Å². The molecular weight excluding hydrogens is 336 g/mol. The van der Waals surface area contributed by atoms with E-state index in [4.69, 9.17) is 0 Å². The van der Waals surface area contributed by atoms with Crippen LogP contribution in [0.4, 0.5) is 0 Å². The number of aromatic hydroxyl groups is 1. The van der Waals surface area contributed by atoms with E-state index in [1.807, 2.05) is 42.5 Å². The lowest BCUT2D eigenvalue weighted by molar-refractivity contribution is 0.468. The lowest BCUT2D eigenvalue weighted by Gasteiger charge is -2.14. The first-order valence-corrected chi connectivity index (χ1v) is 9.13. The average molecular weight is 358 g/mol. The molecule has 0 radical (unpaired) electrons. The maximum atomic E-state index is 12.4. The van der Waals surface area contributed by atoms with Crippen LogP contribution in [0.1, 0.15) is 36.6 Å². The molecule has 0 saturated heterocycles. The molecule has 136 valence electrons. The van der Waals surface area contributed by atoms with Gasteiger partial charge in [-0.05, 0) is 41.7 Å². The molecule has 1 heterocycles.